The number of hydrogen-bond donors (Lipinski definition) is 1. The summed E-state index contributed by atoms with van der Waals surface area (Å²) < 4.78 is 0.652. The highest BCUT2D eigenvalue weighted by atomic mass is 79.9. The van der Waals surface area contributed by atoms with E-state index in [2.05, 4.69) is 33.2 Å². The van der Waals surface area contributed by atoms with Gasteiger partial charge in [0.15, 0.2) is 0 Å². The summed E-state index contributed by atoms with van der Waals surface area (Å²) in [4.78, 5) is 14.3. The molecular formula is C13H18BrN3O2. The first kappa shape index (κ1) is 14.2. The lowest BCUT2D eigenvalue weighted by molar-refractivity contribution is -0.385. The van der Waals surface area contributed by atoms with Gasteiger partial charge < -0.3 is 5.32 Å². The molecule has 6 heteroatoms. The first-order valence-corrected chi connectivity index (χ1v) is 7.46. The quantitative estimate of drug-likeness (QED) is 0.666. The zero-order valence-corrected chi connectivity index (χ0v) is 12.5. The molecule has 1 saturated carbocycles. The van der Waals surface area contributed by atoms with Crippen LogP contribution < -0.4 is 5.32 Å². The summed E-state index contributed by atoms with van der Waals surface area (Å²) in [5.74, 6) is 1.55. The Labute approximate surface area is 121 Å². The highest BCUT2D eigenvalue weighted by Gasteiger charge is 2.21. The van der Waals surface area contributed by atoms with Crippen molar-refractivity contribution in [3.63, 3.8) is 0 Å². The molecule has 0 amide bonds. The number of halogens is 1. The third-order valence-electron chi connectivity index (χ3n) is 3.80. The van der Waals surface area contributed by atoms with Crippen molar-refractivity contribution in [1.29, 1.82) is 0 Å². The lowest BCUT2D eigenvalue weighted by atomic mass is 9.84. The maximum atomic E-state index is 10.6. The predicted molar refractivity (Wildman–Crippen MR) is 78.3 cm³/mol. The summed E-state index contributed by atoms with van der Waals surface area (Å²) in [6.45, 7) is 2.24. The second-order valence-electron chi connectivity index (χ2n) is 5.05. The van der Waals surface area contributed by atoms with Gasteiger partial charge >= 0.3 is 0 Å². The Bertz CT molecular complexity index is 459. The number of nitro groups is 1. The number of rotatable bonds is 4. The molecular weight excluding hydrogens is 310 g/mol. The Hall–Kier alpha value is -1.17. The van der Waals surface area contributed by atoms with Gasteiger partial charge in [-0.25, -0.2) is 4.98 Å². The van der Waals surface area contributed by atoms with E-state index in [1.807, 2.05) is 0 Å². The first-order valence-electron chi connectivity index (χ1n) is 6.66. The van der Waals surface area contributed by atoms with E-state index in [9.17, 15) is 10.1 Å². The molecule has 0 spiro atoms. The molecule has 0 saturated heterocycles. The van der Waals surface area contributed by atoms with Crippen LogP contribution >= 0.6 is 15.9 Å². The normalized spacial score (nSPS) is 23.1. The van der Waals surface area contributed by atoms with Crippen molar-refractivity contribution in [2.24, 2.45) is 5.92 Å². The summed E-state index contributed by atoms with van der Waals surface area (Å²) in [5, 5.41) is 14.0. The van der Waals surface area contributed by atoms with Crippen LogP contribution in [0.2, 0.25) is 0 Å². The van der Waals surface area contributed by atoms with E-state index >= 15 is 0 Å². The Kier molecular flexibility index (Phi) is 4.74. The molecule has 1 aliphatic carbocycles. The molecule has 2 rings (SSSR count). The van der Waals surface area contributed by atoms with Crippen molar-refractivity contribution in [2.45, 2.75) is 45.1 Å². The number of aromatic nitrogens is 1. The molecule has 1 aromatic heterocycles. The van der Waals surface area contributed by atoms with Gasteiger partial charge in [-0.2, -0.15) is 0 Å². The third-order valence-corrected chi connectivity index (χ3v) is 4.41. The summed E-state index contributed by atoms with van der Waals surface area (Å²) in [6.07, 6.45) is 7.34. The van der Waals surface area contributed by atoms with Crippen molar-refractivity contribution in [3.8, 4) is 0 Å². The summed E-state index contributed by atoms with van der Waals surface area (Å²) in [6, 6.07) is 1.92. The third kappa shape index (κ3) is 3.65. The Morgan fingerprint density at radius 1 is 1.47 bits per heavy atom. The molecule has 1 fully saturated rings. The van der Waals surface area contributed by atoms with Crippen molar-refractivity contribution in [2.75, 3.05) is 5.32 Å². The molecule has 0 aliphatic heterocycles. The largest absolute Gasteiger partial charge is 0.366 e. The Balaban J connectivity index is 1.98. The number of nitrogens with one attached hydrogen (secondary N) is 1. The van der Waals surface area contributed by atoms with Gasteiger partial charge in [0.05, 0.1) is 9.40 Å². The molecule has 104 valence electrons. The second kappa shape index (κ2) is 6.32. The number of nitrogens with zero attached hydrogens (tertiary/aromatic N) is 2. The molecule has 0 unspecified atom stereocenters. The molecule has 1 aromatic rings. The molecule has 19 heavy (non-hydrogen) atoms. The molecule has 5 nitrogen and oxygen atoms in total. The van der Waals surface area contributed by atoms with E-state index in [1.165, 1.54) is 31.5 Å². The van der Waals surface area contributed by atoms with Crippen LogP contribution in [0, 0.1) is 16.0 Å². The number of pyridine rings is 1. The fraction of sp³-hybridized carbons (Fsp3) is 0.615. The topological polar surface area (TPSA) is 68.1 Å². The average molecular weight is 328 g/mol. The summed E-state index contributed by atoms with van der Waals surface area (Å²) >= 11 is 3.34. The fourth-order valence-electron chi connectivity index (χ4n) is 2.54. The van der Waals surface area contributed by atoms with Crippen molar-refractivity contribution in [3.05, 3.63) is 26.9 Å². The second-order valence-corrected chi connectivity index (χ2v) is 5.91. The van der Waals surface area contributed by atoms with Crippen LogP contribution in [0.4, 0.5) is 11.5 Å². The lowest BCUT2D eigenvalue weighted by Gasteiger charge is -2.28. The molecule has 0 aromatic carbocycles. The van der Waals surface area contributed by atoms with Gasteiger partial charge in [-0.1, -0.05) is 13.3 Å². The standard InChI is InChI=1S/C13H18BrN3O2/c1-2-9-3-5-10(6-4-9)16-13-12(14)7-11(8-15-13)17(18)19/h7-10H,2-6H2,1H3,(H,15,16). The van der Waals surface area contributed by atoms with Crippen LogP contribution in [-0.2, 0) is 0 Å². The maximum absolute atomic E-state index is 10.6. The minimum absolute atomic E-state index is 0.00659. The fourth-order valence-corrected chi connectivity index (χ4v) is 2.99. The van der Waals surface area contributed by atoms with E-state index in [1.54, 1.807) is 0 Å². The van der Waals surface area contributed by atoms with Crippen LogP contribution in [0.5, 0.6) is 0 Å². The Morgan fingerprint density at radius 3 is 2.68 bits per heavy atom. The maximum Gasteiger partial charge on any atom is 0.288 e. The van der Waals surface area contributed by atoms with E-state index in [4.69, 9.17) is 0 Å². The molecule has 1 aliphatic rings. The molecule has 0 bridgehead atoms. The van der Waals surface area contributed by atoms with Crippen molar-refractivity contribution in [1.82, 2.24) is 4.98 Å². The summed E-state index contributed by atoms with van der Waals surface area (Å²) in [5.41, 5.74) is 0.00659. The van der Waals surface area contributed by atoms with Gasteiger partial charge in [0.2, 0.25) is 0 Å². The van der Waals surface area contributed by atoms with Gasteiger partial charge in [-0.15, -0.1) is 0 Å². The first-order chi connectivity index (χ1) is 9.10. The van der Waals surface area contributed by atoms with Gasteiger partial charge in [0.25, 0.3) is 5.69 Å². The van der Waals surface area contributed by atoms with Gasteiger partial charge in [0.1, 0.15) is 12.0 Å². The van der Waals surface area contributed by atoms with Crippen LogP contribution in [0.1, 0.15) is 39.0 Å². The number of anilines is 1. The highest BCUT2D eigenvalue weighted by Crippen LogP contribution is 2.30. The zero-order chi connectivity index (χ0) is 13.8. The minimum Gasteiger partial charge on any atom is -0.366 e. The monoisotopic (exact) mass is 327 g/mol. The van der Waals surface area contributed by atoms with Crippen LogP contribution in [-0.4, -0.2) is 15.9 Å². The smallest absolute Gasteiger partial charge is 0.288 e. The minimum atomic E-state index is -0.437. The van der Waals surface area contributed by atoms with Gasteiger partial charge in [-0.3, -0.25) is 10.1 Å². The number of hydrogen-bond acceptors (Lipinski definition) is 4. The zero-order valence-electron chi connectivity index (χ0n) is 10.9. The van der Waals surface area contributed by atoms with Gasteiger partial charge in [-0.05, 0) is 47.5 Å². The molecule has 0 radical (unpaired) electrons. The van der Waals surface area contributed by atoms with E-state index in [-0.39, 0.29) is 5.69 Å². The predicted octanol–water partition coefficient (Wildman–Crippen LogP) is 4.13. The molecule has 1 N–H and O–H groups in total. The van der Waals surface area contributed by atoms with Crippen LogP contribution in [0.25, 0.3) is 0 Å². The lowest BCUT2D eigenvalue weighted by Crippen LogP contribution is -2.26. The summed E-state index contributed by atoms with van der Waals surface area (Å²) in [7, 11) is 0. The van der Waals surface area contributed by atoms with E-state index in [0.29, 0.717) is 16.3 Å². The van der Waals surface area contributed by atoms with Gasteiger partial charge in [0, 0.05) is 12.1 Å². The van der Waals surface area contributed by atoms with Crippen molar-refractivity contribution < 1.29 is 4.92 Å². The SMILES string of the molecule is CCC1CCC(Nc2ncc([N+](=O)[O-])cc2Br)CC1. The average Bonchev–Trinajstić information content (AvgIpc) is 2.41. The van der Waals surface area contributed by atoms with E-state index in [0.717, 1.165) is 18.8 Å². The molecule has 0 atom stereocenters. The van der Waals surface area contributed by atoms with Crippen LogP contribution in [0.15, 0.2) is 16.7 Å². The molecule has 1 heterocycles. The van der Waals surface area contributed by atoms with Crippen molar-refractivity contribution >= 4 is 27.4 Å². The highest BCUT2D eigenvalue weighted by molar-refractivity contribution is 9.10. The van der Waals surface area contributed by atoms with E-state index < -0.39 is 4.92 Å². The Morgan fingerprint density at radius 2 is 2.16 bits per heavy atom. The van der Waals surface area contributed by atoms with Crippen LogP contribution in [0.3, 0.4) is 0 Å².